The van der Waals surface area contributed by atoms with E-state index in [4.69, 9.17) is 9.47 Å². The Morgan fingerprint density at radius 2 is 1.93 bits per heavy atom. The first-order valence-corrected chi connectivity index (χ1v) is 10.2. The van der Waals surface area contributed by atoms with Crippen molar-refractivity contribution in [3.05, 3.63) is 52.2 Å². The minimum Gasteiger partial charge on any atom is -0.482 e. The van der Waals surface area contributed by atoms with Crippen LogP contribution in [-0.2, 0) is 14.3 Å². The summed E-state index contributed by atoms with van der Waals surface area (Å²) in [5.41, 5.74) is 0.605. The Morgan fingerprint density at radius 1 is 1.14 bits per heavy atom. The SMILES string of the molecule is CCC(=O)c1ccc(OCC(=O)OCC(=O)N2CCCC2c2cccs2)cc1. The maximum atomic E-state index is 12.4. The van der Waals surface area contributed by atoms with Gasteiger partial charge in [0, 0.05) is 23.4 Å². The van der Waals surface area contributed by atoms with Gasteiger partial charge < -0.3 is 14.4 Å². The van der Waals surface area contributed by atoms with Crippen LogP contribution < -0.4 is 4.74 Å². The summed E-state index contributed by atoms with van der Waals surface area (Å²) >= 11 is 1.63. The molecular formula is C21H23NO5S. The van der Waals surface area contributed by atoms with Crippen molar-refractivity contribution in [2.24, 2.45) is 0 Å². The fourth-order valence-corrected chi connectivity index (χ4v) is 4.07. The molecule has 0 spiro atoms. The zero-order chi connectivity index (χ0) is 19.9. The Hall–Kier alpha value is -2.67. The number of ether oxygens (including phenoxy) is 2. The third kappa shape index (κ3) is 4.98. The maximum absolute atomic E-state index is 12.4. The summed E-state index contributed by atoms with van der Waals surface area (Å²) in [6, 6.07) is 10.7. The lowest BCUT2D eigenvalue weighted by molar-refractivity contribution is -0.154. The second kappa shape index (κ2) is 9.50. The molecule has 6 nitrogen and oxygen atoms in total. The molecule has 28 heavy (non-hydrogen) atoms. The molecule has 2 aromatic rings. The van der Waals surface area contributed by atoms with E-state index in [1.807, 2.05) is 17.5 Å². The van der Waals surface area contributed by atoms with Gasteiger partial charge in [0.2, 0.25) is 0 Å². The molecule has 1 aliphatic rings. The summed E-state index contributed by atoms with van der Waals surface area (Å²) < 4.78 is 10.4. The number of carbonyl (C=O) groups is 3. The smallest absolute Gasteiger partial charge is 0.344 e. The summed E-state index contributed by atoms with van der Waals surface area (Å²) in [7, 11) is 0. The monoisotopic (exact) mass is 401 g/mol. The van der Waals surface area contributed by atoms with Crippen molar-refractivity contribution in [2.75, 3.05) is 19.8 Å². The lowest BCUT2D eigenvalue weighted by Gasteiger charge is -2.23. The second-order valence-corrected chi connectivity index (χ2v) is 7.49. The summed E-state index contributed by atoms with van der Waals surface area (Å²) in [6.45, 7) is 1.91. The van der Waals surface area contributed by atoms with E-state index in [1.165, 1.54) is 0 Å². The number of hydrogen-bond donors (Lipinski definition) is 0. The van der Waals surface area contributed by atoms with Gasteiger partial charge in [-0.05, 0) is 48.6 Å². The maximum Gasteiger partial charge on any atom is 0.344 e. The minimum atomic E-state index is -0.603. The van der Waals surface area contributed by atoms with Crippen molar-refractivity contribution in [1.82, 2.24) is 4.90 Å². The van der Waals surface area contributed by atoms with E-state index in [0.717, 1.165) is 17.7 Å². The highest BCUT2D eigenvalue weighted by Gasteiger charge is 2.30. The molecule has 0 N–H and O–H groups in total. The molecule has 3 rings (SSSR count). The summed E-state index contributed by atoms with van der Waals surface area (Å²) in [5, 5.41) is 2.00. The minimum absolute atomic E-state index is 0.0484. The van der Waals surface area contributed by atoms with Crippen molar-refractivity contribution < 1.29 is 23.9 Å². The number of nitrogens with zero attached hydrogens (tertiary/aromatic N) is 1. The number of rotatable bonds is 8. The Balaban J connectivity index is 1.44. The van der Waals surface area contributed by atoms with E-state index in [-0.39, 0.29) is 30.9 Å². The Labute approximate surface area is 168 Å². The van der Waals surface area contributed by atoms with Crippen LogP contribution in [0.1, 0.15) is 47.5 Å². The topological polar surface area (TPSA) is 72.9 Å². The molecular weight excluding hydrogens is 378 g/mol. The van der Waals surface area contributed by atoms with Crippen LogP contribution in [0.2, 0.25) is 0 Å². The number of likely N-dealkylation sites (tertiary alicyclic amines) is 1. The van der Waals surface area contributed by atoms with Crippen molar-refractivity contribution in [3.63, 3.8) is 0 Å². The number of carbonyl (C=O) groups excluding carboxylic acids is 3. The van der Waals surface area contributed by atoms with Gasteiger partial charge in [0.15, 0.2) is 19.0 Å². The van der Waals surface area contributed by atoms with Gasteiger partial charge in [0.25, 0.3) is 5.91 Å². The molecule has 0 saturated carbocycles. The molecule has 2 heterocycles. The van der Waals surface area contributed by atoms with E-state index in [9.17, 15) is 14.4 Å². The van der Waals surface area contributed by atoms with Gasteiger partial charge in [-0.2, -0.15) is 0 Å². The molecule has 1 fully saturated rings. The van der Waals surface area contributed by atoms with Gasteiger partial charge in [-0.1, -0.05) is 13.0 Å². The Kier molecular flexibility index (Phi) is 6.81. The summed E-state index contributed by atoms with van der Waals surface area (Å²) in [4.78, 5) is 38.9. The van der Waals surface area contributed by atoms with E-state index in [0.29, 0.717) is 24.3 Å². The summed E-state index contributed by atoms with van der Waals surface area (Å²) in [5.74, 6) is -0.277. The normalized spacial score (nSPS) is 16.0. The van der Waals surface area contributed by atoms with Gasteiger partial charge in [-0.3, -0.25) is 9.59 Å². The van der Waals surface area contributed by atoms with Gasteiger partial charge >= 0.3 is 5.97 Å². The molecule has 1 amide bonds. The van der Waals surface area contributed by atoms with Gasteiger partial charge in [0.05, 0.1) is 6.04 Å². The average Bonchev–Trinajstić information content (AvgIpc) is 3.41. The van der Waals surface area contributed by atoms with Crippen LogP contribution in [-0.4, -0.2) is 42.3 Å². The number of ketones is 1. The lowest BCUT2D eigenvalue weighted by Crippen LogP contribution is -2.34. The van der Waals surface area contributed by atoms with Gasteiger partial charge in [0.1, 0.15) is 5.75 Å². The number of benzene rings is 1. The zero-order valence-electron chi connectivity index (χ0n) is 15.8. The van der Waals surface area contributed by atoms with Gasteiger partial charge in [-0.25, -0.2) is 4.79 Å². The van der Waals surface area contributed by atoms with Crippen molar-refractivity contribution >= 4 is 29.0 Å². The first-order chi connectivity index (χ1) is 13.6. The first-order valence-electron chi connectivity index (χ1n) is 9.33. The number of hydrogen-bond acceptors (Lipinski definition) is 6. The molecule has 148 valence electrons. The van der Waals surface area contributed by atoms with E-state index in [2.05, 4.69) is 0 Å². The third-order valence-corrected chi connectivity index (χ3v) is 5.63. The molecule has 7 heteroatoms. The molecule has 1 aromatic carbocycles. The van der Waals surface area contributed by atoms with E-state index in [1.54, 1.807) is 47.4 Å². The largest absolute Gasteiger partial charge is 0.482 e. The molecule has 1 saturated heterocycles. The highest BCUT2D eigenvalue weighted by Crippen LogP contribution is 2.34. The Bertz CT molecular complexity index is 816. The predicted octanol–water partition coefficient (Wildman–Crippen LogP) is 3.63. The molecule has 1 unspecified atom stereocenters. The predicted molar refractivity (Wildman–Crippen MR) is 106 cm³/mol. The molecule has 1 aromatic heterocycles. The van der Waals surface area contributed by atoms with Crippen LogP contribution in [0.3, 0.4) is 0 Å². The van der Waals surface area contributed by atoms with Crippen LogP contribution in [0.15, 0.2) is 41.8 Å². The fraction of sp³-hybridized carbons (Fsp3) is 0.381. The van der Waals surface area contributed by atoms with E-state index < -0.39 is 5.97 Å². The number of Topliss-reactive ketones (excluding diaryl/α,β-unsaturated/α-hetero) is 1. The average molecular weight is 401 g/mol. The number of thiophene rings is 1. The van der Waals surface area contributed by atoms with Crippen molar-refractivity contribution in [3.8, 4) is 5.75 Å². The van der Waals surface area contributed by atoms with Crippen LogP contribution >= 0.6 is 11.3 Å². The standard InChI is InChI=1S/C21H23NO5S/c1-2-18(23)15-7-9-16(10-8-15)26-14-21(25)27-13-20(24)22-11-3-5-17(22)19-6-4-12-28-19/h4,6-10,12,17H,2-3,5,11,13-14H2,1H3. The van der Waals surface area contributed by atoms with Crippen molar-refractivity contribution in [2.45, 2.75) is 32.2 Å². The summed E-state index contributed by atoms with van der Waals surface area (Å²) in [6.07, 6.45) is 2.31. The molecule has 0 bridgehead atoms. The zero-order valence-corrected chi connectivity index (χ0v) is 16.6. The highest BCUT2D eigenvalue weighted by atomic mass is 32.1. The molecule has 1 atom stereocenters. The Morgan fingerprint density at radius 3 is 2.61 bits per heavy atom. The highest BCUT2D eigenvalue weighted by molar-refractivity contribution is 7.10. The molecule has 1 aliphatic heterocycles. The second-order valence-electron chi connectivity index (χ2n) is 6.51. The van der Waals surface area contributed by atoms with Crippen LogP contribution in [0, 0.1) is 0 Å². The number of esters is 1. The van der Waals surface area contributed by atoms with Crippen molar-refractivity contribution in [1.29, 1.82) is 0 Å². The van der Waals surface area contributed by atoms with E-state index >= 15 is 0 Å². The number of amides is 1. The van der Waals surface area contributed by atoms with Crippen LogP contribution in [0.5, 0.6) is 5.75 Å². The quantitative estimate of drug-likeness (QED) is 0.499. The third-order valence-electron chi connectivity index (χ3n) is 4.66. The fourth-order valence-electron chi connectivity index (χ4n) is 3.19. The first kappa shape index (κ1) is 20.1. The molecule has 0 radical (unpaired) electrons. The van der Waals surface area contributed by atoms with Gasteiger partial charge in [-0.15, -0.1) is 11.3 Å². The molecule has 0 aliphatic carbocycles. The lowest BCUT2D eigenvalue weighted by atomic mass is 10.1. The van der Waals surface area contributed by atoms with Crippen LogP contribution in [0.25, 0.3) is 0 Å². The van der Waals surface area contributed by atoms with Crippen LogP contribution in [0.4, 0.5) is 0 Å².